The summed E-state index contributed by atoms with van der Waals surface area (Å²) in [6.45, 7) is 12.1. The normalized spacial score (nSPS) is 11.3. The van der Waals surface area contributed by atoms with E-state index in [0.29, 0.717) is 17.2 Å². The zero-order chi connectivity index (χ0) is 45.1. The van der Waals surface area contributed by atoms with Gasteiger partial charge in [0, 0.05) is 16.7 Å². The first-order valence-corrected chi connectivity index (χ1v) is 23.5. The second kappa shape index (κ2) is 18.4. The lowest BCUT2D eigenvalue weighted by Crippen LogP contribution is -2.12. The van der Waals surface area contributed by atoms with Crippen LogP contribution in [0.1, 0.15) is 33.4 Å². The highest BCUT2D eigenvalue weighted by Gasteiger charge is 2.38. The minimum Gasteiger partial charge on any atom is -0.385 e. The number of benzene rings is 9. The Balaban J connectivity index is 1.18. The van der Waals surface area contributed by atoms with Crippen LogP contribution in [0, 0.1) is 41.5 Å². The highest BCUT2D eigenvalue weighted by atomic mass is 31.2. The third kappa shape index (κ3) is 9.05. The monoisotopic (exact) mass is 866 g/mol. The number of rotatable bonds is 12. The van der Waals surface area contributed by atoms with Crippen LogP contribution in [0.4, 0.5) is 0 Å². The molecule has 0 aliphatic carbocycles. The third-order valence-electron chi connectivity index (χ3n) is 12.5. The Kier molecular flexibility index (Phi) is 12.1. The molecule has 4 nitrogen and oxygen atoms in total. The van der Waals surface area contributed by atoms with Gasteiger partial charge >= 0.3 is 7.82 Å². The minimum absolute atomic E-state index is 0.430. The molecule has 9 aromatic carbocycles. The first-order chi connectivity index (χ1) is 31.5. The Hall–Kier alpha value is -7.39. The van der Waals surface area contributed by atoms with E-state index < -0.39 is 7.82 Å². The average molecular weight is 867 g/mol. The largest absolute Gasteiger partial charge is 0.647 e. The molecule has 0 aliphatic rings. The van der Waals surface area contributed by atoms with Gasteiger partial charge in [0.15, 0.2) is 0 Å². The van der Waals surface area contributed by atoms with Crippen molar-refractivity contribution in [2.45, 2.75) is 41.5 Å². The predicted octanol–water partition coefficient (Wildman–Crippen LogP) is 17.2. The number of phosphoric ester groups is 1. The smallest absolute Gasteiger partial charge is 0.385 e. The maximum atomic E-state index is 16.3. The summed E-state index contributed by atoms with van der Waals surface area (Å²) >= 11 is 0. The van der Waals surface area contributed by atoms with Gasteiger partial charge in [-0.05, 0) is 125 Å². The Morgan fingerprint density at radius 2 is 0.477 bits per heavy atom. The van der Waals surface area contributed by atoms with E-state index in [-0.39, 0.29) is 0 Å². The standard InChI is InChI=1S/C60H51O4P/c1-40-22-37-55(52-31-25-49(26-32-52)46-16-10-7-11-17-46)58(43(40)4)62-65(61,63-59-44(5)41(2)23-38-56(59)53-33-27-50(28-34-53)47-18-12-8-13-19-47)64-60-45(6)42(3)24-39-57(60)54-35-29-51(30-36-54)48-20-14-9-15-21-48/h7-39H,1-6H3. The van der Waals surface area contributed by atoms with Crippen LogP contribution in [-0.2, 0) is 4.57 Å². The molecule has 0 aromatic heterocycles. The van der Waals surface area contributed by atoms with Crippen molar-refractivity contribution in [2.75, 3.05) is 0 Å². The van der Waals surface area contributed by atoms with Crippen molar-refractivity contribution in [1.82, 2.24) is 0 Å². The first kappa shape index (κ1) is 42.9. The summed E-state index contributed by atoms with van der Waals surface area (Å²) in [5.41, 5.74) is 17.1. The highest BCUT2D eigenvalue weighted by Crippen LogP contribution is 2.57. The van der Waals surface area contributed by atoms with Crippen molar-refractivity contribution in [2.24, 2.45) is 0 Å². The van der Waals surface area contributed by atoms with Crippen LogP contribution < -0.4 is 13.6 Å². The van der Waals surface area contributed by atoms with E-state index in [9.17, 15) is 0 Å². The molecule has 0 bridgehead atoms. The van der Waals surface area contributed by atoms with Crippen LogP contribution in [0.3, 0.4) is 0 Å². The number of aryl methyl sites for hydroxylation is 3. The summed E-state index contributed by atoms with van der Waals surface area (Å²) < 4.78 is 37.2. The number of hydrogen-bond acceptors (Lipinski definition) is 4. The van der Waals surface area contributed by atoms with Crippen LogP contribution in [0.2, 0.25) is 0 Å². The van der Waals surface area contributed by atoms with Crippen LogP contribution in [0.15, 0.2) is 200 Å². The van der Waals surface area contributed by atoms with Gasteiger partial charge in [-0.2, -0.15) is 4.57 Å². The maximum absolute atomic E-state index is 16.3. The highest BCUT2D eigenvalue weighted by molar-refractivity contribution is 7.49. The molecule has 0 amide bonds. The second-order valence-electron chi connectivity index (χ2n) is 16.7. The van der Waals surface area contributed by atoms with Gasteiger partial charge in [-0.15, -0.1) is 0 Å². The van der Waals surface area contributed by atoms with Crippen LogP contribution in [-0.4, -0.2) is 0 Å². The molecule has 0 atom stereocenters. The molecular formula is C60H51O4P. The Bertz CT molecular complexity index is 2820. The van der Waals surface area contributed by atoms with Crippen molar-refractivity contribution in [3.05, 3.63) is 234 Å². The van der Waals surface area contributed by atoms with Crippen LogP contribution >= 0.6 is 7.82 Å². The van der Waals surface area contributed by atoms with E-state index in [1.54, 1.807) is 0 Å². The van der Waals surface area contributed by atoms with Gasteiger partial charge in [-0.25, -0.2) is 0 Å². The molecule has 9 rings (SSSR count). The summed E-state index contributed by atoms with van der Waals surface area (Å²) in [7, 11) is -4.64. The molecule has 9 aromatic rings. The quantitative estimate of drug-likeness (QED) is 0.115. The molecule has 0 saturated carbocycles. The lowest BCUT2D eigenvalue weighted by molar-refractivity contribution is 0.297. The average Bonchev–Trinajstić information content (AvgIpc) is 3.35. The topological polar surface area (TPSA) is 44.8 Å². The van der Waals surface area contributed by atoms with Gasteiger partial charge < -0.3 is 13.6 Å². The van der Waals surface area contributed by atoms with Gasteiger partial charge in [-0.1, -0.05) is 200 Å². The number of phosphoric acid groups is 1. The Morgan fingerprint density at radius 3 is 0.723 bits per heavy atom. The first-order valence-electron chi connectivity index (χ1n) is 22.0. The van der Waals surface area contributed by atoms with Crippen molar-refractivity contribution >= 4 is 7.82 Å². The zero-order valence-electron chi connectivity index (χ0n) is 37.6. The Labute approximate surface area is 383 Å². The lowest BCUT2D eigenvalue weighted by atomic mass is 9.97. The van der Waals surface area contributed by atoms with Crippen LogP contribution in [0.5, 0.6) is 17.2 Å². The molecule has 5 heteroatoms. The molecule has 0 spiro atoms. The molecule has 0 radical (unpaired) electrons. The Morgan fingerprint density at radius 1 is 0.262 bits per heavy atom. The van der Waals surface area contributed by atoms with E-state index in [2.05, 4.69) is 127 Å². The molecule has 0 aliphatic heterocycles. The van der Waals surface area contributed by atoms with Crippen molar-refractivity contribution in [1.29, 1.82) is 0 Å². The molecule has 0 heterocycles. The predicted molar refractivity (Wildman–Crippen MR) is 270 cm³/mol. The van der Waals surface area contributed by atoms with E-state index in [1.807, 2.05) is 114 Å². The molecular weight excluding hydrogens is 816 g/mol. The van der Waals surface area contributed by atoms with Gasteiger partial charge in [0.2, 0.25) is 0 Å². The fourth-order valence-corrected chi connectivity index (χ4v) is 9.70. The second-order valence-corrected chi connectivity index (χ2v) is 18.1. The van der Waals surface area contributed by atoms with Gasteiger partial charge in [0.05, 0.1) is 0 Å². The fourth-order valence-electron chi connectivity index (χ4n) is 8.22. The molecule has 0 N–H and O–H groups in total. The number of hydrogen-bond donors (Lipinski definition) is 0. The molecule has 65 heavy (non-hydrogen) atoms. The lowest BCUT2D eigenvalue weighted by Gasteiger charge is -2.26. The summed E-state index contributed by atoms with van der Waals surface area (Å²) in [5, 5.41) is 0. The zero-order valence-corrected chi connectivity index (χ0v) is 38.5. The third-order valence-corrected chi connectivity index (χ3v) is 13.8. The molecule has 0 unspecified atom stereocenters. The van der Waals surface area contributed by atoms with E-state index in [1.165, 1.54) is 0 Å². The summed E-state index contributed by atoms with van der Waals surface area (Å²) in [5.74, 6) is 1.29. The van der Waals surface area contributed by atoms with Gasteiger partial charge in [-0.3, -0.25) is 0 Å². The molecule has 0 fully saturated rings. The fraction of sp³-hybridized carbons (Fsp3) is 0.100. The van der Waals surface area contributed by atoms with Gasteiger partial charge in [0.25, 0.3) is 0 Å². The van der Waals surface area contributed by atoms with Gasteiger partial charge in [0.1, 0.15) is 17.2 Å². The van der Waals surface area contributed by atoms with E-state index in [4.69, 9.17) is 13.6 Å². The molecule has 320 valence electrons. The van der Waals surface area contributed by atoms with Crippen molar-refractivity contribution in [3.8, 4) is 84.0 Å². The summed E-state index contributed by atoms with van der Waals surface area (Å²) in [6.07, 6.45) is 0. The van der Waals surface area contributed by atoms with E-state index >= 15 is 4.57 Å². The minimum atomic E-state index is -4.64. The summed E-state index contributed by atoms with van der Waals surface area (Å²) in [4.78, 5) is 0. The maximum Gasteiger partial charge on any atom is 0.647 e. The molecule has 0 saturated heterocycles. The van der Waals surface area contributed by atoms with Crippen molar-refractivity contribution in [3.63, 3.8) is 0 Å². The van der Waals surface area contributed by atoms with E-state index in [0.717, 1.165) is 100 Å². The van der Waals surface area contributed by atoms with Crippen molar-refractivity contribution < 1.29 is 18.1 Å². The summed E-state index contributed by atoms with van der Waals surface area (Å²) in [6, 6.07) is 68.3. The van der Waals surface area contributed by atoms with Crippen LogP contribution in [0.25, 0.3) is 66.8 Å². The SMILES string of the molecule is Cc1ccc(-c2ccc(-c3ccccc3)cc2)c(OP(=O)(Oc2c(-c3ccc(-c4ccccc4)cc3)ccc(C)c2C)Oc2c(-c3ccc(-c4ccccc4)cc3)ccc(C)c2C)c1C.